The van der Waals surface area contributed by atoms with E-state index in [0.29, 0.717) is 24.1 Å². The smallest absolute Gasteiger partial charge is 0.251 e. The quantitative estimate of drug-likeness (QED) is 0.302. The zero-order chi connectivity index (χ0) is 20.2. The van der Waals surface area contributed by atoms with Crippen LogP contribution in [0.2, 0.25) is 0 Å². The van der Waals surface area contributed by atoms with Gasteiger partial charge in [0, 0.05) is 47.2 Å². The van der Waals surface area contributed by atoms with E-state index in [1.54, 1.807) is 18.6 Å². The molecule has 2 aromatic carbocycles. The van der Waals surface area contributed by atoms with Crippen molar-refractivity contribution in [1.29, 1.82) is 5.41 Å². The van der Waals surface area contributed by atoms with Gasteiger partial charge in [0.15, 0.2) is 0 Å². The first-order valence-electron chi connectivity index (χ1n) is 9.35. The molecule has 0 atom stereocenters. The van der Waals surface area contributed by atoms with Gasteiger partial charge < -0.3 is 16.0 Å². The number of benzene rings is 2. The molecule has 0 radical (unpaired) electrons. The van der Waals surface area contributed by atoms with E-state index < -0.39 is 0 Å². The van der Waals surface area contributed by atoms with Gasteiger partial charge in [-0.15, -0.1) is 0 Å². The number of carbonyl (C=O) groups excluding carboxylic acids is 1. The molecule has 0 saturated heterocycles. The lowest BCUT2D eigenvalue weighted by Gasteiger charge is -2.07. The summed E-state index contributed by atoms with van der Waals surface area (Å²) >= 11 is 0. The van der Waals surface area contributed by atoms with Gasteiger partial charge in [0.1, 0.15) is 5.84 Å². The van der Waals surface area contributed by atoms with Gasteiger partial charge >= 0.3 is 0 Å². The summed E-state index contributed by atoms with van der Waals surface area (Å²) in [5.41, 5.74) is 11.1. The largest absolute Gasteiger partial charge is 0.384 e. The molecule has 0 spiro atoms. The molecule has 0 aliphatic heterocycles. The highest BCUT2D eigenvalue weighted by Gasteiger charge is 2.08. The van der Waals surface area contributed by atoms with Crippen molar-refractivity contribution in [3.8, 4) is 11.1 Å². The Kier molecular flexibility index (Phi) is 5.07. The number of nitrogens with zero attached hydrogens (tertiary/aromatic N) is 1. The van der Waals surface area contributed by atoms with Crippen LogP contribution in [-0.4, -0.2) is 28.3 Å². The second kappa shape index (κ2) is 7.98. The summed E-state index contributed by atoms with van der Waals surface area (Å²) in [6.45, 7) is 0.524. The summed E-state index contributed by atoms with van der Waals surface area (Å²) in [5, 5.41) is 11.5. The number of carbonyl (C=O) groups is 1. The van der Waals surface area contributed by atoms with Crippen molar-refractivity contribution >= 4 is 22.6 Å². The summed E-state index contributed by atoms with van der Waals surface area (Å²) in [4.78, 5) is 19.6. The van der Waals surface area contributed by atoms with Crippen LogP contribution in [0.1, 0.15) is 21.5 Å². The van der Waals surface area contributed by atoms with Crippen LogP contribution in [0.25, 0.3) is 22.0 Å². The number of pyridine rings is 1. The topological polar surface area (TPSA) is 108 Å². The molecule has 4 aromatic rings. The highest BCUT2D eigenvalue weighted by atomic mass is 16.1. The van der Waals surface area contributed by atoms with E-state index in [1.165, 1.54) is 0 Å². The number of aromatic nitrogens is 2. The minimum absolute atomic E-state index is 0.0388. The van der Waals surface area contributed by atoms with Gasteiger partial charge in [-0.25, -0.2) is 0 Å². The SMILES string of the molecule is N=C(N)c1c[nH]c2ccc(CCNC(=O)c3ccc(-c4ccncc4)cc3)cc12. The molecule has 1 amide bonds. The predicted octanol–water partition coefficient (Wildman–Crippen LogP) is 3.49. The molecule has 2 heterocycles. The van der Waals surface area contributed by atoms with E-state index in [4.69, 9.17) is 11.1 Å². The first-order valence-corrected chi connectivity index (χ1v) is 9.35. The average molecular weight is 383 g/mol. The Balaban J connectivity index is 1.38. The highest BCUT2D eigenvalue weighted by molar-refractivity contribution is 6.07. The molecule has 0 bridgehead atoms. The summed E-state index contributed by atoms with van der Waals surface area (Å²) in [5.74, 6) is -0.0599. The third-order valence-electron chi connectivity index (χ3n) is 4.90. The molecule has 6 heteroatoms. The third-order valence-corrected chi connectivity index (χ3v) is 4.90. The number of nitrogen functional groups attached to an aromatic ring is 1. The van der Waals surface area contributed by atoms with Crippen LogP contribution in [0.3, 0.4) is 0 Å². The molecule has 5 N–H and O–H groups in total. The van der Waals surface area contributed by atoms with E-state index in [0.717, 1.165) is 27.6 Å². The fourth-order valence-corrected chi connectivity index (χ4v) is 3.33. The molecule has 144 valence electrons. The van der Waals surface area contributed by atoms with Crippen LogP contribution < -0.4 is 11.1 Å². The number of rotatable bonds is 6. The minimum atomic E-state index is -0.0987. The third kappa shape index (κ3) is 4.01. The van der Waals surface area contributed by atoms with Gasteiger partial charge in [0.25, 0.3) is 5.91 Å². The summed E-state index contributed by atoms with van der Waals surface area (Å²) < 4.78 is 0. The van der Waals surface area contributed by atoms with Crippen molar-refractivity contribution in [3.05, 3.63) is 89.9 Å². The van der Waals surface area contributed by atoms with Gasteiger partial charge in [-0.1, -0.05) is 18.2 Å². The summed E-state index contributed by atoms with van der Waals surface area (Å²) in [6.07, 6.45) is 5.94. The number of hydrogen-bond donors (Lipinski definition) is 4. The number of nitrogens with one attached hydrogen (secondary N) is 3. The molecule has 0 saturated carbocycles. The molecule has 0 fully saturated rings. The lowest BCUT2D eigenvalue weighted by atomic mass is 10.0. The van der Waals surface area contributed by atoms with Gasteiger partial charge in [0.05, 0.1) is 0 Å². The van der Waals surface area contributed by atoms with Crippen LogP contribution >= 0.6 is 0 Å². The molecule has 0 unspecified atom stereocenters. The van der Waals surface area contributed by atoms with E-state index in [9.17, 15) is 4.79 Å². The van der Waals surface area contributed by atoms with Gasteiger partial charge in [-0.05, 0) is 59.5 Å². The number of fused-ring (bicyclic) bond motifs is 1. The van der Waals surface area contributed by atoms with Crippen molar-refractivity contribution in [3.63, 3.8) is 0 Å². The first-order chi connectivity index (χ1) is 14.1. The zero-order valence-corrected chi connectivity index (χ0v) is 15.8. The Bertz CT molecular complexity index is 1160. The number of amidine groups is 1. The van der Waals surface area contributed by atoms with Crippen LogP contribution in [0.4, 0.5) is 0 Å². The first kappa shape index (κ1) is 18.4. The average Bonchev–Trinajstić information content (AvgIpc) is 3.18. The molecule has 4 rings (SSSR count). The van der Waals surface area contributed by atoms with Crippen LogP contribution in [-0.2, 0) is 6.42 Å². The second-order valence-electron chi connectivity index (χ2n) is 6.82. The van der Waals surface area contributed by atoms with E-state index in [1.807, 2.05) is 54.6 Å². The Labute approximate surface area is 168 Å². The maximum atomic E-state index is 12.4. The van der Waals surface area contributed by atoms with E-state index in [2.05, 4.69) is 15.3 Å². The van der Waals surface area contributed by atoms with Crippen LogP contribution in [0.15, 0.2) is 73.2 Å². The Hall–Kier alpha value is -3.93. The molecule has 6 nitrogen and oxygen atoms in total. The maximum absolute atomic E-state index is 12.4. The number of H-pyrrole nitrogens is 1. The number of aromatic amines is 1. The van der Waals surface area contributed by atoms with Crippen molar-refractivity contribution in [2.24, 2.45) is 5.73 Å². The fraction of sp³-hybridized carbons (Fsp3) is 0.0870. The minimum Gasteiger partial charge on any atom is -0.384 e. The standard InChI is InChI=1S/C23H21N5O/c24-22(25)20-14-28-21-6-1-15(13-19(20)21)7-12-27-23(29)18-4-2-16(3-5-18)17-8-10-26-11-9-17/h1-6,8-11,13-14,28H,7,12H2,(H3,24,25)(H,27,29). The summed E-state index contributed by atoms with van der Waals surface area (Å²) in [6, 6.07) is 17.4. The molecular formula is C23H21N5O. The van der Waals surface area contributed by atoms with Crippen molar-refractivity contribution in [1.82, 2.24) is 15.3 Å². The molecule has 29 heavy (non-hydrogen) atoms. The monoisotopic (exact) mass is 383 g/mol. The molecule has 0 aliphatic carbocycles. The Morgan fingerprint density at radius 3 is 2.48 bits per heavy atom. The van der Waals surface area contributed by atoms with Gasteiger partial charge in [-0.2, -0.15) is 0 Å². The lowest BCUT2D eigenvalue weighted by molar-refractivity contribution is 0.0954. The van der Waals surface area contributed by atoms with E-state index in [-0.39, 0.29) is 11.7 Å². The summed E-state index contributed by atoms with van der Waals surface area (Å²) in [7, 11) is 0. The van der Waals surface area contributed by atoms with Crippen molar-refractivity contribution in [2.45, 2.75) is 6.42 Å². The number of amides is 1. The van der Waals surface area contributed by atoms with Crippen LogP contribution in [0.5, 0.6) is 0 Å². The highest BCUT2D eigenvalue weighted by Crippen LogP contribution is 2.20. The van der Waals surface area contributed by atoms with Gasteiger partial charge in [0.2, 0.25) is 0 Å². The molecular weight excluding hydrogens is 362 g/mol. The van der Waals surface area contributed by atoms with Crippen LogP contribution in [0, 0.1) is 5.41 Å². The number of nitrogens with two attached hydrogens (primary N) is 1. The molecule has 0 aliphatic rings. The zero-order valence-electron chi connectivity index (χ0n) is 15.8. The number of hydrogen-bond acceptors (Lipinski definition) is 3. The lowest BCUT2D eigenvalue weighted by Crippen LogP contribution is -2.25. The molecule has 2 aromatic heterocycles. The van der Waals surface area contributed by atoms with E-state index >= 15 is 0 Å². The Morgan fingerprint density at radius 2 is 1.76 bits per heavy atom. The predicted molar refractivity (Wildman–Crippen MR) is 115 cm³/mol. The van der Waals surface area contributed by atoms with Gasteiger partial charge in [-0.3, -0.25) is 15.2 Å². The maximum Gasteiger partial charge on any atom is 0.251 e. The second-order valence-corrected chi connectivity index (χ2v) is 6.82. The Morgan fingerprint density at radius 1 is 1.03 bits per heavy atom. The normalized spacial score (nSPS) is 10.8. The fourth-order valence-electron chi connectivity index (χ4n) is 3.33. The van der Waals surface area contributed by atoms with Crippen molar-refractivity contribution < 1.29 is 4.79 Å². The van der Waals surface area contributed by atoms with Crippen molar-refractivity contribution in [2.75, 3.05) is 6.54 Å².